The number of hydrogen-bond donors (Lipinski definition) is 0. The molecule has 0 aromatic heterocycles. The Kier molecular flexibility index (Phi) is 5.66. The monoisotopic (exact) mass is 322 g/mol. The van der Waals surface area contributed by atoms with Crippen molar-refractivity contribution in [1.82, 2.24) is 0 Å². The third kappa shape index (κ3) is 4.48. The van der Waals surface area contributed by atoms with Gasteiger partial charge < -0.3 is 4.74 Å². The SMILES string of the molecule is COc1ccc(CCC(=O)Cc2c(Cl)cccc2Cl)cc1. The van der Waals surface area contributed by atoms with E-state index >= 15 is 0 Å². The number of benzene rings is 2. The van der Waals surface area contributed by atoms with Crippen LogP contribution in [0, 0.1) is 0 Å². The van der Waals surface area contributed by atoms with Crippen LogP contribution < -0.4 is 4.74 Å². The molecule has 0 heterocycles. The lowest BCUT2D eigenvalue weighted by Gasteiger charge is -2.07. The van der Waals surface area contributed by atoms with Crippen molar-refractivity contribution >= 4 is 29.0 Å². The molecule has 0 aliphatic rings. The molecule has 0 bridgehead atoms. The summed E-state index contributed by atoms with van der Waals surface area (Å²) in [5.41, 5.74) is 1.81. The molecule has 0 N–H and O–H groups in total. The highest BCUT2D eigenvalue weighted by molar-refractivity contribution is 6.36. The Morgan fingerprint density at radius 2 is 1.67 bits per heavy atom. The number of halogens is 2. The highest BCUT2D eigenvalue weighted by Crippen LogP contribution is 2.25. The highest BCUT2D eigenvalue weighted by Gasteiger charge is 2.11. The first kappa shape index (κ1) is 15.9. The minimum atomic E-state index is 0.126. The van der Waals surface area contributed by atoms with Crippen LogP contribution in [0.15, 0.2) is 42.5 Å². The van der Waals surface area contributed by atoms with Gasteiger partial charge in [0.1, 0.15) is 11.5 Å². The molecule has 4 heteroatoms. The van der Waals surface area contributed by atoms with E-state index in [1.165, 1.54) is 0 Å². The zero-order chi connectivity index (χ0) is 15.2. The average Bonchev–Trinajstić information content (AvgIpc) is 2.49. The fourth-order valence-electron chi connectivity index (χ4n) is 2.06. The van der Waals surface area contributed by atoms with E-state index in [1.807, 2.05) is 24.3 Å². The molecule has 0 aliphatic heterocycles. The summed E-state index contributed by atoms with van der Waals surface area (Å²) in [6.45, 7) is 0. The molecule has 0 radical (unpaired) electrons. The predicted octanol–water partition coefficient (Wildman–Crippen LogP) is 4.75. The lowest BCUT2D eigenvalue weighted by atomic mass is 10.0. The van der Waals surface area contributed by atoms with Crippen LogP contribution in [-0.2, 0) is 17.6 Å². The number of methoxy groups -OCH3 is 1. The van der Waals surface area contributed by atoms with Crippen LogP contribution in [0.4, 0.5) is 0 Å². The van der Waals surface area contributed by atoms with Crippen molar-refractivity contribution in [3.05, 3.63) is 63.6 Å². The molecule has 0 saturated carbocycles. The number of rotatable bonds is 6. The van der Waals surface area contributed by atoms with E-state index in [1.54, 1.807) is 25.3 Å². The van der Waals surface area contributed by atoms with Gasteiger partial charge in [-0.25, -0.2) is 0 Å². The molecule has 0 spiro atoms. The van der Waals surface area contributed by atoms with Crippen molar-refractivity contribution in [2.24, 2.45) is 0 Å². The summed E-state index contributed by atoms with van der Waals surface area (Å²) in [7, 11) is 1.63. The topological polar surface area (TPSA) is 26.3 Å². The Balaban J connectivity index is 1.92. The molecule has 0 atom stereocenters. The van der Waals surface area contributed by atoms with Crippen LogP contribution in [0.1, 0.15) is 17.5 Å². The number of aryl methyl sites for hydroxylation is 1. The van der Waals surface area contributed by atoms with E-state index in [2.05, 4.69) is 0 Å². The summed E-state index contributed by atoms with van der Waals surface area (Å²) in [6, 6.07) is 13.0. The third-order valence-corrected chi connectivity index (χ3v) is 4.00. The van der Waals surface area contributed by atoms with Crippen molar-refractivity contribution in [2.75, 3.05) is 7.11 Å². The molecular formula is C17H16Cl2O2. The van der Waals surface area contributed by atoms with Gasteiger partial charge in [-0.3, -0.25) is 4.79 Å². The van der Waals surface area contributed by atoms with Gasteiger partial charge in [0, 0.05) is 22.9 Å². The second-order valence-corrected chi connectivity index (χ2v) is 5.58. The molecule has 0 fully saturated rings. The predicted molar refractivity (Wildman–Crippen MR) is 86.5 cm³/mol. The molecule has 2 aromatic carbocycles. The van der Waals surface area contributed by atoms with Gasteiger partial charge in [0.15, 0.2) is 0 Å². The Hall–Kier alpha value is -1.51. The van der Waals surface area contributed by atoms with Crippen molar-refractivity contribution < 1.29 is 9.53 Å². The van der Waals surface area contributed by atoms with Crippen LogP contribution in [-0.4, -0.2) is 12.9 Å². The summed E-state index contributed by atoms with van der Waals surface area (Å²) in [5.74, 6) is 0.939. The summed E-state index contributed by atoms with van der Waals surface area (Å²) in [4.78, 5) is 12.1. The zero-order valence-electron chi connectivity index (χ0n) is 11.7. The summed E-state index contributed by atoms with van der Waals surface area (Å²) in [6.07, 6.45) is 1.44. The summed E-state index contributed by atoms with van der Waals surface area (Å²) in [5, 5.41) is 1.08. The molecule has 2 rings (SSSR count). The average molecular weight is 323 g/mol. The summed E-state index contributed by atoms with van der Waals surface area (Å²) < 4.78 is 5.10. The Labute approximate surface area is 134 Å². The number of ketones is 1. The normalized spacial score (nSPS) is 10.4. The van der Waals surface area contributed by atoms with E-state index in [4.69, 9.17) is 27.9 Å². The van der Waals surface area contributed by atoms with Crippen molar-refractivity contribution in [1.29, 1.82) is 0 Å². The maximum atomic E-state index is 12.1. The third-order valence-electron chi connectivity index (χ3n) is 3.29. The van der Waals surface area contributed by atoms with Crippen LogP contribution >= 0.6 is 23.2 Å². The van der Waals surface area contributed by atoms with Gasteiger partial charge in [0.2, 0.25) is 0 Å². The molecule has 21 heavy (non-hydrogen) atoms. The van der Waals surface area contributed by atoms with Gasteiger partial charge >= 0.3 is 0 Å². The van der Waals surface area contributed by atoms with E-state index in [0.29, 0.717) is 28.5 Å². The molecule has 110 valence electrons. The Morgan fingerprint density at radius 3 is 2.24 bits per heavy atom. The van der Waals surface area contributed by atoms with Gasteiger partial charge in [0.25, 0.3) is 0 Å². The number of carbonyl (C=O) groups is 1. The largest absolute Gasteiger partial charge is 0.497 e. The minimum absolute atomic E-state index is 0.126. The molecule has 0 amide bonds. The highest BCUT2D eigenvalue weighted by atomic mass is 35.5. The molecule has 0 unspecified atom stereocenters. The summed E-state index contributed by atoms with van der Waals surface area (Å²) >= 11 is 12.1. The van der Waals surface area contributed by atoms with Crippen molar-refractivity contribution in [3.8, 4) is 5.75 Å². The van der Waals surface area contributed by atoms with Crippen LogP contribution in [0.25, 0.3) is 0 Å². The van der Waals surface area contributed by atoms with Gasteiger partial charge in [-0.1, -0.05) is 41.4 Å². The zero-order valence-corrected chi connectivity index (χ0v) is 13.2. The molecule has 2 aromatic rings. The fourth-order valence-corrected chi connectivity index (χ4v) is 2.59. The van der Waals surface area contributed by atoms with Gasteiger partial charge in [0.05, 0.1) is 7.11 Å². The number of ether oxygens (including phenoxy) is 1. The van der Waals surface area contributed by atoms with Crippen LogP contribution in [0.5, 0.6) is 5.75 Å². The first-order valence-corrected chi connectivity index (χ1v) is 7.43. The first-order valence-electron chi connectivity index (χ1n) is 6.67. The van der Waals surface area contributed by atoms with Crippen molar-refractivity contribution in [2.45, 2.75) is 19.3 Å². The minimum Gasteiger partial charge on any atom is -0.497 e. The van der Waals surface area contributed by atoms with Crippen LogP contribution in [0.2, 0.25) is 10.0 Å². The number of carbonyl (C=O) groups excluding carboxylic acids is 1. The molecular weight excluding hydrogens is 307 g/mol. The standard InChI is InChI=1S/C17H16Cl2O2/c1-21-14-9-6-12(7-10-14)5-8-13(20)11-15-16(18)3-2-4-17(15)19/h2-4,6-7,9-10H,5,8,11H2,1H3. The van der Waals surface area contributed by atoms with Gasteiger partial charge in [-0.05, 0) is 41.8 Å². The lowest BCUT2D eigenvalue weighted by molar-refractivity contribution is -0.118. The van der Waals surface area contributed by atoms with Gasteiger partial charge in [-0.15, -0.1) is 0 Å². The molecule has 0 saturated heterocycles. The van der Waals surface area contributed by atoms with Crippen molar-refractivity contribution in [3.63, 3.8) is 0 Å². The maximum absolute atomic E-state index is 12.1. The van der Waals surface area contributed by atoms with Gasteiger partial charge in [-0.2, -0.15) is 0 Å². The first-order chi connectivity index (χ1) is 10.1. The number of Topliss-reactive ketones (excluding diaryl/α,β-unsaturated/α-hetero) is 1. The van der Waals surface area contributed by atoms with E-state index in [-0.39, 0.29) is 12.2 Å². The van der Waals surface area contributed by atoms with E-state index in [9.17, 15) is 4.79 Å². The van der Waals surface area contributed by atoms with Crippen LogP contribution in [0.3, 0.4) is 0 Å². The second kappa shape index (κ2) is 7.48. The maximum Gasteiger partial charge on any atom is 0.137 e. The Bertz CT molecular complexity index is 601. The smallest absolute Gasteiger partial charge is 0.137 e. The fraction of sp³-hybridized carbons (Fsp3) is 0.235. The quantitative estimate of drug-likeness (QED) is 0.767. The molecule has 2 nitrogen and oxygen atoms in total. The number of hydrogen-bond acceptors (Lipinski definition) is 2. The Morgan fingerprint density at radius 1 is 1.05 bits per heavy atom. The van der Waals surface area contributed by atoms with E-state index in [0.717, 1.165) is 11.3 Å². The second-order valence-electron chi connectivity index (χ2n) is 4.76. The molecule has 0 aliphatic carbocycles. The lowest BCUT2D eigenvalue weighted by Crippen LogP contribution is -2.05. The van der Waals surface area contributed by atoms with E-state index < -0.39 is 0 Å².